The fourth-order valence-electron chi connectivity index (χ4n) is 4.50. The molecule has 3 heterocycles. The van der Waals surface area contributed by atoms with Crippen molar-refractivity contribution in [3.63, 3.8) is 0 Å². The van der Waals surface area contributed by atoms with E-state index in [0.29, 0.717) is 24.2 Å². The summed E-state index contributed by atoms with van der Waals surface area (Å²) in [6.07, 6.45) is 2.30. The molecule has 0 saturated carbocycles. The zero-order valence-electron chi connectivity index (χ0n) is 15.9. The average molecular weight is 384 g/mol. The molecule has 0 aromatic heterocycles. The molecule has 2 unspecified atom stereocenters. The van der Waals surface area contributed by atoms with Crippen molar-refractivity contribution in [1.29, 1.82) is 0 Å². The minimum atomic E-state index is -0.945. The molecule has 3 aliphatic rings. The second kappa shape index (κ2) is 6.79. The smallest absolute Gasteiger partial charge is 0.262 e. The van der Waals surface area contributed by atoms with Crippen molar-refractivity contribution < 1.29 is 19.2 Å². The lowest BCUT2D eigenvalue weighted by atomic mass is 9.97. The molecule has 2 saturated heterocycles. The first-order valence-corrected chi connectivity index (χ1v) is 9.64. The Morgan fingerprint density at radius 3 is 2.71 bits per heavy atom. The Morgan fingerprint density at radius 2 is 2.00 bits per heavy atom. The standard InChI is InChI=1S/C20H24N4O4/c1-20(11-21)8-3-9-23(20)10-12-4-2-5-13-16(12)19(28)24(18(13)27)14-6-7-15(25)22-17(14)26/h2,4-5,14H,3,6-11,21H2,1H3,(H,22,25,26). The Bertz CT molecular complexity index is 883. The molecule has 0 bridgehead atoms. The van der Waals surface area contributed by atoms with Gasteiger partial charge < -0.3 is 5.73 Å². The number of likely N-dealkylation sites (tertiary alicyclic amines) is 1. The van der Waals surface area contributed by atoms with Gasteiger partial charge in [0.25, 0.3) is 11.8 Å². The highest BCUT2D eigenvalue weighted by molar-refractivity contribution is 6.24. The van der Waals surface area contributed by atoms with Crippen LogP contribution in [0.5, 0.6) is 0 Å². The molecule has 28 heavy (non-hydrogen) atoms. The van der Waals surface area contributed by atoms with Crippen LogP contribution in [-0.2, 0) is 16.1 Å². The average Bonchev–Trinajstić information content (AvgIpc) is 3.15. The van der Waals surface area contributed by atoms with E-state index in [-0.39, 0.29) is 24.3 Å². The molecule has 8 heteroatoms. The number of imide groups is 2. The number of fused-ring (bicyclic) bond motifs is 1. The van der Waals surface area contributed by atoms with Crippen LogP contribution in [0.3, 0.4) is 0 Å². The molecular formula is C20H24N4O4. The molecule has 0 radical (unpaired) electrons. The summed E-state index contributed by atoms with van der Waals surface area (Å²) in [7, 11) is 0. The van der Waals surface area contributed by atoms with E-state index < -0.39 is 23.8 Å². The number of nitrogens with one attached hydrogen (secondary N) is 1. The van der Waals surface area contributed by atoms with E-state index in [2.05, 4.69) is 17.1 Å². The molecule has 8 nitrogen and oxygen atoms in total. The van der Waals surface area contributed by atoms with Gasteiger partial charge in [-0.25, -0.2) is 0 Å². The van der Waals surface area contributed by atoms with Crippen LogP contribution in [0.4, 0.5) is 0 Å². The molecule has 0 spiro atoms. The van der Waals surface area contributed by atoms with Crippen LogP contribution in [0.2, 0.25) is 0 Å². The summed E-state index contributed by atoms with van der Waals surface area (Å²) in [6, 6.07) is 4.30. The first-order valence-electron chi connectivity index (χ1n) is 9.64. The van der Waals surface area contributed by atoms with Gasteiger partial charge >= 0.3 is 0 Å². The Hall–Kier alpha value is -2.58. The van der Waals surface area contributed by atoms with Crippen LogP contribution in [0, 0.1) is 0 Å². The highest BCUT2D eigenvalue weighted by atomic mass is 16.2. The van der Waals surface area contributed by atoms with E-state index in [9.17, 15) is 19.2 Å². The van der Waals surface area contributed by atoms with Crippen LogP contribution < -0.4 is 11.1 Å². The molecule has 4 amide bonds. The predicted octanol–water partition coefficient (Wildman–Crippen LogP) is 0.401. The number of amides is 4. The van der Waals surface area contributed by atoms with Crippen LogP contribution in [0.25, 0.3) is 0 Å². The fourth-order valence-corrected chi connectivity index (χ4v) is 4.50. The molecule has 1 aromatic rings. The SMILES string of the molecule is CC1(CN)CCCN1Cc1cccc2c1C(=O)N(C1CCC(=O)NC1=O)C2=O. The highest BCUT2D eigenvalue weighted by Gasteiger charge is 2.46. The largest absolute Gasteiger partial charge is 0.329 e. The maximum Gasteiger partial charge on any atom is 0.262 e. The van der Waals surface area contributed by atoms with Gasteiger partial charge in [-0.15, -0.1) is 0 Å². The van der Waals surface area contributed by atoms with Gasteiger partial charge in [-0.3, -0.25) is 34.3 Å². The number of rotatable bonds is 4. The van der Waals surface area contributed by atoms with E-state index in [0.717, 1.165) is 29.8 Å². The number of piperidine rings is 1. The summed E-state index contributed by atoms with van der Waals surface area (Å²) in [6.45, 7) is 4.05. The van der Waals surface area contributed by atoms with Gasteiger partial charge in [-0.05, 0) is 44.4 Å². The third-order valence-corrected chi connectivity index (χ3v) is 6.26. The van der Waals surface area contributed by atoms with Crippen LogP contribution in [0.1, 0.15) is 58.9 Å². The normalized spacial score (nSPS) is 28.1. The molecule has 1 aromatic carbocycles. The van der Waals surface area contributed by atoms with Crippen LogP contribution in [-0.4, -0.2) is 58.1 Å². The Labute approximate surface area is 163 Å². The van der Waals surface area contributed by atoms with E-state index in [4.69, 9.17) is 5.73 Å². The van der Waals surface area contributed by atoms with Crippen molar-refractivity contribution in [1.82, 2.24) is 15.1 Å². The van der Waals surface area contributed by atoms with E-state index in [1.165, 1.54) is 0 Å². The topological polar surface area (TPSA) is 113 Å². The fraction of sp³-hybridized carbons (Fsp3) is 0.500. The number of hydrogen-bond donors (Lipinski definition) is 2. The van der Waals surface area contributed by atoms with Gasteiger partial charge in [0.15, 0.2) is 0 Å². The number of nitrogens with two attached hydrogens (primary N) is 1. The number of benzene rings is 1. The number of carbonyl (C=O) groups is 4. The minimum absolute atomic E-state index is 0.110. The van der Waals surface area contributed by atoms with Gasteiger partial charge in [0, 0.05) is 25.0 Å². The monoisotopic (exact) mass is 384 g/mol. The van der Waals surface area contributed by atoms with Gasteiger partial charge in [-0.1, -0.05) is 12.1 Å². The van der Waals surface area contributed by atoms with E-state index >= 15 is 0 Å². The lowest BCUT2D eigenvalue weighted by molar-refractivity contribution is -0.136. The summed E-state index contributed by atoms with van der Waals surface area (Å²) in [5.74, 6) is -1.91. The van der Waals surface area contributed by atoms with Crippen LogP contribution in [0.15, 0.2) is 18.2 Å². The summed E-state index contributed by atoms with van der Waals surface area (Å²) >= 11 is 0. The van der Waals surface area contributed by atoms with Gasteiger partial charge in [0.2, 0.25) is 11.8 Å². The van der Waals surface area contributed by atoms with Gasteiger partial charge in [0.05, 0.1) is 11.1 Å². The summed E-state index contributed by atoms with van der Waals surface area (Å²) in [5.41, 5.74) is 7.31. The van der Waals surface area contributed by atoms with Gasteiger partial charge in [-0.2, -0.15) is 0 Å². The van der Waals surface area contributed by atoms with Crippen molar-refractivity contribution >= 4 is 23.6 Å². The molecule has 3 aliphatic heterocycles. The first kappa shape index (κ1) is 18.8. The zero-order valence-corrected chi connectivity index (χ0v) is 15.9. The highest BCUT2D eigenvalue weighted by Crippen LogP contribution is 2.34. The number of nitrogens with zero attached hydrogens (tertiary/aromatic N) is 2. The Morgan fingerprint density at radius 1 is 1.21 bits per heavy atom. The maximum absolute atomic E-state index is 13.2. The minimum Gasteiger partial charge on any atom is -0.329 e. The molecule has 3 N–H and O–H groups in total. The van der Waals surface area contributed by atoms with E-state index in [1.807, 2.05) is 6.07 Å². The summed E-state index contributed by atoms with van der Waals surface area (Å²) < 4.78 is 0. The lowest BCUT2D eigenvalue weighted by Gasteiger charge is -2.34. The van der Waals surface area contributed by atoms with Crippen molar-refractivity contribution in [3.8, 4) is 0 Å². The predicted molar refractivity (Wildman–Crippen MR) is 100 cm³/mol. The molecule has 4 rings (SSSR count). The van der Waals surface area contributed by atoms with Crippen LogP contribution >= 0.6 is 0 Å². The molecule has 148 valence electrons. The Balaban J connectivity index is 1.65. The second-order valence-corrected chi connectivity index (χ2v) is 8.01. The number of hydrogen-bond acceptors (Lipinski definition) is 6. The molecule has 2 fully saturated rings. The summed E-state index contributed by atoms with van der Waals surface area (Å²) in [4.78, 5) is 53.0. The maximum atomic E-state index is 13.2. The third kappa shape index (κ3) is 2.84. The van der Waals surface area contributed by atoms with Crippen molar-refractivity contribution in [2.75, 3.05) is 13.1 Å². The summed E-state index contributed by atoms with van der Waals surface area (Å²) in [5, 5.41) is 2.22. The van der Waals surface area contributed by atoms with Crippen molar-refractivity contribution in [3.05, 3.63) is 34.9 Å². The Kier molecular flexibility index (Phi) is 4.55. The third-order valence-electron chi connectivity index (χ3n) is 6.26. The van der Waals surface area contributed by atoms with Gasteiger partial charge in [0.1, 0.15) is 6.04 Å². The second-order valence-electron chi connectivity index (χ2n) is 8.01. The van der Waals surface area contributed by atoms with Crippen molar-refractivity contribution in [2.45, 2.75) is 50.7 Å². The first-order chi connectivity index (χ1) is 13.4. The number of carbonyl (C=O) groups excluding carboxylic acids is 4. The van der Waals surface area contributed by atoms with Crippen molar-refractivity contribution in [2.24, 2.45) is 5.73 Å². The molecule has 2 atom stereocenters. The van der Waals surface area contributed by atoms with E-state index in [1.54, 1.807) is 12.1 Å². The molecule has 0 aliphatic carbocycles. The molecular weight excluding hydrogens is 360 g/mol. The lowest BCUT2D eigenvalue weighted by Crippen LogP contribution is -2.54. The zero-order chi connectivity index (χ0) is 20.1. The quantitative estimate of drug-likeness (QED) is 0.727.